The van der Waals surface area contributed by atoms with Crippen molar-refractivity contribution in [3.8, 4) is 0 Å². The predicted octanol–water partition coefficient (Wildman–Crippen LogP) is 2.67. The van der Waals surface area contributed by atoms with Crippen molar-refractivity contribution in [2.45, 2.75) is 31.3 Å². The first kappa shape index (κ1) is 19.5. The smallest absolute Gasteiger partial charge is 0.315 e. The van der Waals surface area contributed by atoms with Gasteiger partial charge < -0.3 is 14.6 Å². The zero-order valence-electron chi connectivity index (χ0n) is 17.1. The standard InChI is InChI=1S/C24H23N3O4/c28-15-17-7-5-12-25(17)24(31)26-13-11-16-6-1-2-8-18(16)21(26)14-27-22(29)19-9-3-4-10-20(19)23(27)30/h1-4,6,8-10,15,17,21H,5,7,11-14H2. The number of carbonyl (C=O) groups excluding carboxylic acids is 4. The second-order valence-electron chi connectivity index (χ2n) is 8.25. The molecule has 0 bridgehead atoms. The van der Waals surface area contributed by atoms with Gasteiger partial charge in [-0.25, -0.2) is 4.79 Å². The summed E-state index contributed by atoms with van der Waals surface area (Å²) in [6, 6.07) is 13.6. The van der Waals surface area contributed by atoms with Gasteiger partial charge in [-0.1, -0.05) is 36.4 Å². The Bertz CT molecular complexity index is 1050. The molecule has 1 saturated heterocycles. The van der Waals surface area contributed by atoms with Crippen molar-refractivity contribution in [1.82, 2.24) is 14.7 Å². The van der Waals surface area contributed by atoms with Crippen LogP contribution >= 0.6 is 0 Å². The average Bonchev–Trinajstić information content (AvgIpc) is 3.38. The molecule has 1 fully saturated rings. The molecule has 7 heteroatoms. The number of likely N-dealkylation sites (tertiary alicyclic amines) is 1. The molecule has 31 heavy (non-hydrogen) atoms. The fourth-order valence-electron chi connectivity index (χ4n) is 4.99. The van der Waals surface area contributed by atoms with Crippen LogP contribution in [0.1, 0.15) is 50.7 Å². The maximum Gasteiger partial charge on any atom is 0.321 e. The quantitative estimate of drug-likeness (QED) is 0.568. The molecule has 0 aliphatic carbocycles. The lowest BCUT2D eigenvalue weighted by Gasteiger charge is -2.41. The van der Waals surface area contributed by atoms with E-state index < -0.39 is 12.1 Å². The Hall–Kier alpha value is -3.48. The van der Waals surface area contributed by atoms with Crippen LogP contribution < -0.4 is 0 Å². The number of nitrogens with zero attached hydrogens (tertiary/aromatic N) is 3. The number of hydrogen-bond donors (Lipinski definition) is 0. The molecule has 2 aromatic rings. The van der Waals surface area contributed by atoms with Gasteiger partial charge in [0.2, 0.25) is 0 Å². The summed E-state index contributed by atoms with van der Waals surface area (Å²) < 4.78 is 0. The van der Waals surface area contributed by atoms with Crippen molar-refractivity contribution >= 4 is 24.1 Å². The van der Waals surface area contributed by atoms with Crippen LogP contribution in [-0.2, 0) is 11.2 Å². The van der Waals surface area contributed by atoms with Crippen molar-refractivity contribution < 1.29 is 19.2 Å². The monoisotopic (exact) mass is 417 g/mol. The highest BCUT2D eigenvalue weighted by Gasteiger charge is 2.42. The minimum Gasteiger partial charge on any atom is -0.315 e. The van der Waals surface area contributed by atoms with E-state index in [-0.39, 0.29) is 24.4 Å². The molecule has 0 radical (unpaired) electrons. The second kappa shape index (κ2) is 7.65. The van der Waals surface area contributed by atoms with Crippen molar-refractivity contribution in [2.75, 3.05) is 19.6 Å². The van der Waals surface area contributed by atoms with Gasteiger partial charge >= 0.3 is 6.03 Å². The van der Waals surface area contributed by atoms with Crippen molar-refractivity contribution in [2.24, 2.45) is 0 Å². The van der Waals surface area contributed by atoms with Crippen LogP contribution in [0.5, 0.6) is 0 Å². The molecular weight excluding hydrogens is 394 g/mol. The van der Waals surface area contributed by atoms with Crippen LogP contribution in [0.25, 0.3) is 0 Å². The summed E-state index contributed by atoms with van der Waals surface area (Å²) in [5.41, 5.74) is 2.85. The van der Waals surface area contributed by atoms with E-state index in [4.69, 9.17) is 0 Å². The lowest BCUT2D eigenvalue weighted by atomic mass is 9.92. The van der Waals surface area contributed by atoms with Crippen molar-refractivity contribution in [3.05, 3.63) is 70.8 Å². The number of urea groups is 1. The van der Waals surface area contributed by atoms with Crippen molar-refractivity contribution in [3.63, 3.8) is 0 Å². The molecule has 5 rings (SSSR count). The Balaban J connectivity index is 1.49. The number of benzene rings is 2. The largest absolute Gasteiger partial charge is 0.321 e. The highest BCUT2D eigenvalue weighted by Crippen LogP contribution is 2.34. The topological polar surface area (TPSA) is 78.0 Å². The molecule has 2 aromatic carbocycles. The van der Waals surface area contributed by atoms with Crippen LogP contribution in [0.3, 0.4) is 0 Å². The van der Waals surface area contributed by atoms with Crippen LogP contribution in [0.2, 0.25) is 0 Å². The summed E-state index contributed by atoms with van der Waals surface area (Å²) in [5.74, 6) is -0.661. The lowest BCUT2D eigenvalue weighted by Crippen LogP contribution is -2.52. The van der Waals surface area contributed by atoms with Gasteiger partial charge in [0.1, 0.15) is 6.29 Å². The number of imide groups is 1. The van der Waals surface area contributed by atoms with Gasteiger partial charge in [-0.2, -0.15) is 0 Å². The summed E-state index contributed by atoms with van der Waals surface area (Å²) in [5, 5.41) is 0. The normalized spacial score (nSPS) is 22.5. The molecule has 3 aliphatic rings. The van der Waals surface area contributed by atoms with Gasteiger partial charge in [-0.15, -0.1) is 0 Å². The van der Waals surface area contributed by atoms with Crippen LogP contribution in [0.4, 0.5) is 4.79 Å². The minimum absolute atomic E-state index is 0.0920. The van der Waals surface area contributed by atoms with E-state index >= 15 is 0 Å². The molecule has 0 N–H and O–H groups in total. The van der Waals surface area contributed by atoms with Gasteiger partial charge in [0.25, 0.3) is 11.8 Å². The Labute approximate surface area is 180 Å². The Kier molecular flexibility index (Phi) is 4.81. The zero-order valence-corrected chi connectivity index (χ0v) is 17.1. The first-order chi connectivity index (χ1) is 15.1. The van der Waals surface area contributed by atoms with E-state index in [2.05, 4.69) is 0 Å². The van der Waals surface area contributed by atoms with Gasteiger partial charge in [0.15, 0.2) is 0 Å². The van der Waals surface area contributed by atoms with Gasteiger partial charge in [0, 0.05) is 13.1 Å². The van der Waals surface area contributed by atoms with Crippen molar-refractivity contribution in [1.29, 1.82) is 0 Å². The molecule has 3 heterocycles. The van der Waals surface area contributed by atoms with E-state index in [0.717, 1.165) is 23.8 Å². The molecular formula is C24H23N3O4. The SMILES string of the molecule is O=CC1CCCN1C(=O)N1CCc2ccccc2C1CN1C(=O)c2ccccc2C1=O. The second-order valence-corrected chi connectivity index (χ2v) is 8.25. The lowest BCUT2D eigenvalue weighted by molar-refractivity contribution is -0.111. The third-order valence-corrected chi connectivity index (χ3v) is 6.59. The first-order valence-electron chi connectivity index (χ1n) is 10.7. The Morgan fingerprint density at radius 2 is 1.61 bits per heavy atom. The minimum atomic E-state index is -0.451. The number of aldehydes is 1. The van der Waals surface area contributed by atoms with E-state index in [9.17, 15) is 19.2 Å². The fraction of sp³-hybridized carbons (Fsp3) is 0.333. The van der Waals surface area contributed by atoms with Gasteiger partial charge in [0.05, 0.1) is 29.8 Å². The van der Waals surface area contributed by atoms with E-state index in [1.165, 1.54) is 4.90 Å². The number of fused-ring (bicyclic) bond motifs is 2. The summed E-state index contributed by atoms with van der Waals surface area (Å²) >= 11 is 0. The number of carbonyl (C=O) groups is 4. The average molecular weight is 417 g/mol. The van der Waals surface area contributed by atoms with Crippen LogP contribution in [0.15, 0.2) is 48.5 Å². The molecule has 3 aliphatic heterocycles. The maximum absolute atomic E-state index is 13.4. The Morgan fingerprint density at radius 1 is 0.935 bits per heavy atom. The maximum atomic E-state index is 13.4. The van der Waals surface area contributed by atoms with Gasteiger partial charge in [-0.3, -0.25) is 14.5 Å². The third kappa shape index (κ3) is 3.12. The van der Waals surface area contributed by atoms with Crippen LogP contribution in [0, 0.1) is 0 Å². The molecule has 7 nitrogen and oxygen atoms in total. The highest BCUT2D eigenvalue weighted by atomic mass is 16.2. The molecule has 0 aromatic heterocycles. The fourth-order valence-corrected chi connectivity index (χ4v) is 4.99. The molecule has 158 valence electrons. The Morgan fingerprint density at radius 3 is 2.32 bits per heavy atom. The van der Waals surface area contributed by atoms with E-state index in [1.807, 2.05) is 24.3 Å². The molecule has 2 unspecified atom stereocenters. The zero-order chi connectivity index (χ0) is 21.5. The summed E-state index contributed by atoms with van der Waals surface area (Å²) in [6.07, 6.45) is 2.99. The molecule has 0 spiro atoms. The molecule has 0 saturated carbocycles. The number of hydrogen-bond acceptors (Lipinski definition) is 4. The highest BCUT2D eigenvalue weighted by molar-refractivity contribution is 6.21. The van der Waals surface area contributed by atoms with Gasteiger partial charge in [-0.05, 0) is 42.5 Å². The summed E-state index contributed by atoms with van der Waals surface area (Å²) in [7, 11) is 0. The third-order valence-electron chi connectivity index (χ3n) is 6.59. The summed E-state index contributed by atoms with van der Waals surface area (Å²) in [4.78, 5) is 55.5. The van der Waals surface area contributed by atoms with E-state index in [1.54, 1.807) is 34.1 Å². The number of rotatable bonds is 3. The van der Waals surface area contributed by atoms with E-state index in [0.29, 0.717) is 37.1 Å². The first-order valence-corrected chi connectivity index (χ1v) is 10.7. The molecule has 2 atom stereocenters. The predicted molar refractivity (Wildman–Crippen MR) is 113 cm³/mol. The molecule has 4 amide bonds. The number of amides is 4. The van der Waals surface area contributed by atoms with Crippen LogP contribution in [-0.4, -0.2) is 64.5 Å². The summed E-state index contributed by atoms with van der Waals surface area (Å²) in [6.45, 7) is 1.11.